The second kappa shape index (κ2) is 6.86. The van der Waals surface area contributed by atoms with Crippen LogP contribution >= 0.6 is 0 Å². The Kier molecular flexibility index (Phi) is 4.82. The molecule has 1 atom stereocenters. The average molecular weight is 352 g/mol. The minimum Gasteiger partial charge on any atom is -0.371 e. The van der Waals surface area contributed by atoms with Gasteiger partial charge < -0.3 is 4.90 Å². The molecule has 1 saturated heterocycles. The number of sulfonamides is 1. The molecular formula is C17H18F2N2O2S. The van der Waals surface area contributed by atoms with Gasteiger partial charge in [-0.1, -0.05) is 18.2 Å². The molecule has 1 N–H and O–H groups in total. The van der Waals surface area contributed by atoms with Crippen molar-refractivity contribution in [1.82, 2.24) is 4.72 Å². The summed E-state index contributed by atoms with van der Waals surface area (Å²) in [6.07, 6.45) is 0.856. The molecular weight excluding hydrogens is 334 g/mol. The first-order valence-electron chi connectivity index (χ1n) is 7.70. The minimum atomic E-state index is -3.92. The molecule has 0 saturated carbocycles. The summed E-state index contributed by atoms with van der Waals surface area (Å²) in [7, 11) is -3.92. The van der Waals surface area contributed by atoms with Crippen molar-refractivity contribution in [3.8, 4) is 0 Å². The fraction of sp³-hybridized carbons (Fsp3) is 0.294. The van der Waals surface area contributed by atoms with Crippen LogP contribution in [0.5, 0.6) is 0 Å². The maximum absolute atomic E-state index is 13.2. The van der Waals surface area contributed by atoms with Gasteiger partial charge >= 0.3 is 0 Å². The van der Waals surface area contributed by atoms with Gasteiger partial charge in [0, 0.05) is 31.4 Å². The van der Waals surface area contributed by atoms with Gasteiger partial charge in [0.05, 0.1) is 4.90 Å². The third-order valence-electron chi connectivity index (χ3n) is 4.12. The molecule has 1 aliphatic rings. The topological polar surface area (TPSA) is 49.4 Å². The van der Waals surface area contributed by atoms with Crippen molar-refractivity contribution >= 4 is 15.7 Å². The number of benzene rings is 2. The van der Waals surface area contributed by atoms with Gasteiger partial charge in [-0.15, -0.1) is 0 Å². The predicted octanol–water partition coefficient (Wildman–Crippen LogP) is 2.77. The number of para-hydroxylation sites is 1. The Labute approximate surface area is 140 Å². The summed E-state index contributed by atoms with van der Waals surface area (Å²) in [5, 5.41) is 0. The minimum absolute atomic E-state index is 0.151. The third-order valence-corrected chi connectivity index (χ3v) is 5.52. The maximum Gasteiger partial charge on any atom is 0.240 e. The van der Waals surface area contributed by atoms with Gasteiger partial charge in [-0.2, -0.15) is 0 Å². The Morgan fingerprint density at radius 2 is 1.75 bits per heavy atom. The van der Waals surface area contributed by atoms with Gasteiger partial charge in [0.1, 0.15) is 11.6 Å². The molecule has 0 bridgehead atoms. The van der Waals surface area contributed by atoms with Crippen LogP contribution in [-0.4, -0.2) is 28.1 Å². The molecule has 7 heteroatoms. The predicted molar refractivity (Wildman–Crippen MR) is 88.3 cm³/mol. The van der Waals surface area contributed by atoms with Gasteiger partial charge in [0.15, 0.2) is 0 Å². The lowest BCUT2D eigenvalue weighted by atomic mass is 10.1. The summed E-state index contributed by atoms with van der Waals surface area (Å²) in [4.78, 5) is 1.80. The summed E-state index contributed by atoms with van der Waals surface area (Å²) < 4.78 is 53.2. The fourth-order valence-electron chi connectivity index (χ4n) is 2.87. The largest absolute Gasteiger partial charge is 0.371 e. The van der Waals surface area contributed by atoms with Gasteiger partial charge in [0.2, 0.25) is 10.0 Å². The highest BCUT2D eigenvalue weighted by Gasteiger charge is 2.25. The van der Waals surface area contributed by atoms with Crippen LogP contribution in [0.2, 0.25) is 0 Å². The number of halogens is 2. The molecule has 1 aliphatic heterocycles. The van der Waals surface area contributed by atoms with E-state index in [4.69, 9.17) is 0 Å². The van der Waals surface area contributed by atoms with E-state index in [2.05, 4.69) is 9.62 Å². The SMILES string of the molecule is O=S(=O)(NCC1CCN(c2ccccc2)C1)c1cc(F)cc(F)c1. The molecule has 2 aromatic carbocycles. The van der Waals surface area contributed by atoms with E-state index < -0.39 is 26.6 Å². The van der Waals surface area contributed by atoms with Crippen molar-refractivity contribution in [1.29, 1.82) is 0 Å². The Bertz CT molecular complexity index is 792. The van der Waals surface area contributed by atoms with Crippen LogP contribution < -0.4 is 9.62 Å². The van der Waals surface area contributed by atoms with E-state index in [1.807, 2.05) is 30.3 Å². The van der Waals surface area contributed by atoms with Crippen LogP contribution in [0.25, 0.3) is 0 Å². The van der Waals surface area contributed by atoms with E-state index in [0.717, 1.165) is 37.3 Å². The summed E-state index contributed by atoms with van der Waals surface area (Å²) in [5.41, 5.74) is 1.11. The van der Waals surface area contributed by atoms with E-state index in [1.54, 1.807) is 0 Å². The summed E-state index contributed by atoms with van der Waals surface area (Å²) >= 11 is 0. The van der Waals surface area contributed by atoms with Crippen molar-refractivity contribution in [2.45, 2.75) is 11.3 Å². The second-order valence-electron chi connectivity index (χ2n) is 5.89. The number of hydrogen-bond acceptors (Lipinski definition) is 3. The molecule has 0 aromatic heterocycles. The van der Waals surface area contributed by atoms with Gasteiger partial charge in [-0.3, -0.25) is 0 Å². The zero-order valence-corrected chi connectivity index (χ0v) is 13.8. The van der Waals surface area contributed by atoms with Crippen molar-refractivity contribution in [3.05, 3.63) is 60.2 Å². The van der Waals surface area contributed by atoms with E-state index in [1.165, 1.54) is 0 Å². The van der Waals surface area contributed by atoms with Crippen LogP contribution in [0.4, 0.5) is 14.5 Å². The molecule has 128 valence electrons. The second-order valence-corrected chi connectivity index (χ2v) is 7.66. The standard InChI is InChI=1S/C17H18F2N2O2S/c18-14-8-15(19)10-17(9-14)24(22,23)20-11-13-6-7-21(12-13)16-4-2-1-3-5-16/h1-5,8-10,13,20H,6-7,11-12H2. The Morgan fingerprint density at radius 1 is 1.08 bits per heavy atom. The fourth-order valence-corrected chi connectivity index (χ4v) is 4.02. The lowest BCUT2D eigenvalue weighted by Crippen LogP contribution is -2.31. The van der Waals surface area contributed by atoms with Crippen molar-refractivity contribution in [2.75, 3.05) is 24.5 Å². The first-order valence-corrected chi connectivity index (χ1v) is 9.18. The average Bonchev–Trinajstić information content (AvgIpc) is 3.02. The van der Waals surface area contributed by atoms with E-state index >= 15 is 0 Å². The first-order chi connectivity index (χ1) is 11.4. The molecule has 3 rings (SSSR count). The van der Waals surface area contributed by atoms with Crippen LogP contribution in [0.15, 0.2) is 53.4 Å². The van der Waals surface area contributed by atoms with Crippen LogP contribution in [-0.2, 0) is 10.0 Å². The van der Waals surface area contributed by atoms with E-state index in [0.29, 0.717) is 6.07 Å². The van der Waals surface area contributed by atoms with Crippen LogP contribution in [0, 0.1) is 17.6 Å². The molecule has 0 radical (unpaired) electrons. The monoisotopic (exact) mass is 352 g/mol. The van der Waals surface area contributed by atoms with Crippen molar-refractivity contribution in [3.63, 3.8) is 0 Å². The molecule has 0 spiro atoms. The Hall–Kier alpha value is -1.99. The normalized spacial score (nSPS) is 18.1. The van der Waals surface area contributed by atoms with Crippen molar-refractivity contribution in [2.24, 2.45) is 5.92 Å². The van der Waals surface area contributed by atoms with Gasteiger partial charge in [0.25, 0.3) is 0 Å². The summed E-state index contributed by atoms with van der Waals surface area (Å²) in [6.45, 7) is 1.83. The molecule has 0 amide bonds. The number of anilines is 1. The highest BCUT2D eigenvalue weighted by atomic mass is 32.2. The molecule has 1 fully saturated rings. The number of nitrogens with zero attached hydrogens (tertiary/aromatic N) is 1. The summed E-state index contributed by atoms with van der Waals surface area (Å²) in [6, 6.07) is 12.2. The molecule has 1 heterocycles. The lowest BCUT2D eigenvalue weighted by Gasteiger charge is -2.18. The molecule has 1 unspecified atom stereocenters. The van der Waals surface area contributed by atoms with Gasteiger partial charge in [-0.25, -0.2) is 21.9 Å². The van der Waals surface area contributed by atoms with Gasteiger partial charge in [-0.05, 0) is 36.6 Å². The maximum atomic E-state index is 13.2. The zero-order chi connectivity index (χ0) is 17.2. The first kappa shape index (κ1) is 16.9. The highest BCUT2D eigenvalue weighted by Crippen LogP contribution is 2.23. The van der Waals surface area contributed by atoms with Crippen LogP contribution in [0.3, 0.4) is 0 Å². The Morgan fingerprint density at radius 3 is 2.42 bits per heavy atom. The summed E-state index contributed by atoms with van der Waals surface area (Å²) in [5.74, 6) is -1.67. The Balaban J connectivity index is 1.61. The third kappa shape index (κ3) is 3.91. The van der Waals surface area contributed by atoms with E-state index in [9.17, 15) is 17.2 Å². The molecule has 2 aromatic rings. The molecule has 24 heavy (non-hydrogen) atoms. The quantitative estimate of drug-likeness (QED) is 0.900. The number of nitrogens with one attached hydrogen (secondary N) is 1. The zero-order valence-electron chi connectivity index (χ0n) is 13.0. The highest BCUT2D eigenvalue weighted by molar-refractivity contribution is 7.89. The van der Waals surface area contributed by atoms with Crippen molar-refractivity contribution < 1.29 is 17.2 Å². The molecule has 0 aliphatic carbocycles. The van der Waals surface area contributed by atoms with E-state index in [-0.39, 0.29) is 12.5 Å². The lowest BCUT2D eigenvalue weighted by molar-refractivity contribution is 0.536. The number of hydrogen-bond donors (Lipinski definition) is 1. The molecule has 4 nitrogen and oxygen atoms in total. The van der Waals surface area contributed by atoms with Crippen LogP contribution in [0.1, 0.15) is 6.42 Å². The number of rotatable bonds is 5. The smallest absolute Gasteiger partial charge is 0.240 e.